The maximum absolute atomic E-state index is 6.33. The van der Waals surface area contributed by atoms with Crippen molar-refractivity contribution in [2.24, 2.45) is 0 Å². The fraction of sp³-hybridized carbons (Fsp3) is 0.312. The van der Waals surface area contributed by atoms with Crippen LogP contribution >= 0.6 is 11.6 Å². The molecule has 3 rings (SSSR count). The zero-order chi connectivity index (χ0) is 14.5. The van der Waals surface area contributed by atoms with Crippen LogP contribution < -0.4 is 15.0 Å². The van der Waals surface area contributed by atoms with Crippen molar-refractivity contribution in [2.75, 3.05) is 31.1 Å². The van der Waals surface area contributed by atoms with Crippen molar-refractivity contribution in [3.05, 3.63) is 53.8 Å². The Morgan fingerprint density at radius 1 is 1.29 bits per heavy atom. The van der Waals surface area contributed by atoms with E-state index in [4.69, 9.17) is 16.3 Å². The van der Waals surface area contributed by atoms with Gasteiger partial charge in [0, 0.05) is 25.8 Å². The number of anilines is 1. The molecule has 2 aromatic rings. The summed E-state index contributed by atoms with van der Waals surface area (Å²) < 4.78 is 5.85. The van der Waals surface area contributed by atoms with Gasteiger partial charge in [-0.1, -0.05) is 23.7 Å². The molecule has 4 nitrogen and oxygen atoms in total. The van der Waals surface area contributed by atoms with E-state index in [1.807, 2.05) is 30.3 Å². The van der Waals surface area contributed by atoms with Crippen LogP contribution in [0.15, 0.2) is 48.8 Å². The molecule has 0 amide bonds. The van der Waals surface area contributed by atoms with Gasteiger partial charge < -0.3 is 15.0 Å². The lowest BCUT2D eigenvalue weighted by Gasteiger charge is -2.38. The molecule has 0 radical (unpaired) electrons. The number of nitrogens with zero attached hydrogens (tertiary/aromatic N) is 2. The molecule has 1 aliphatic rings. The molecule has 1 aromatic carbocycles. The Kier molecular flexibility index (Phi) is 4.58. The standard InChI is InChI=1S/C16H18ClN3O/c17-15-5-1-2-6-16(15)20-9-8-19-10-13(20)12-21-14-4-3-7-18-11-14/h1-7,11,13,19H,8-10,12H2. The second-order valence-corrected chi connectivity index (χ2v) is 5.41. The number of aromatic nitrogens is 1. The first-order chi connectivity index (χ1) is 10.3. The predicted octanol–water partition coefficient (Wildman–Crippen LogP) is 2.59. The quantitative estimate of drug-likeness (QED) is 0.942. The van der Waals surface area contributed by atoms with Crippen LogP contribution in [0, 0.1) is 0 Å². The third kappa shape index (κ3) is 3.46. The fourth-order valence-corrected chi connectivity index (χ4v) is 2.78. The van der Waals surface area contributed by atoms with Gasteiger partial charge in [-0.3, -0.25) is 4.98 Å². The zero-order valence-corrected chi connectivity index (χ0v) is 12.5. The highest BCUT2D eigenvalue weighted by Gasteiger charge is 2.24. The Morgan fingerprint density at radius 2 is 2.19 bits per heavy atom. The summed E-state index contributed by atoms with van der Waals surface area (Å²) in [5.74, 6) is 0.794. The van der Waals surface area contributed by atoms with E-state index < -0.39 is 0 Å². The van der Waals surface area contributed by atoms with Crippen LogP contribution in [0.4, 0.5) is 5.69 Å². The smallest absolute Gasteiger partial charge is 0.137 e. The SMILES string of the molecule is Clc1ccccc1N1CCNCC1COc1cccnc1. The predicted molar refractivity (Wildman–Crippen MR) is 85.2 cm³/mol. The molecular formula is C16H18ClN3O. The lowest BCUT2D eigenvalue weighted by atomic mass is 10.1. The molecule has 2 heterocycles. The van der Waals surface area contributed by atoms with Gasteiger partial charge in [-0.05, 0) is 24.3 Å². The highest BCUT2D eigenvalue weighted by Crippen LogP contribution is 2.27. The molecule has 21 heavy (non-hydrogen) atoms. The van der Waals surface area contributed by atoms with E-state index in [0.717, 1.165) is 36.1 Å². The Hall–Kier alpha value is -1.78. The number of pyridine rings is 1. The van der Waals surface area contributed by atoms with Crippen LogP contribution in [0.1, 0.15) is 0 Å². The summed E-state index contributed by atoms with van der Waals surface area (Å²) in [5, 5.41) is 4.19. The first-order valence-corrected chi connectivity index (χ1v) is 7.47. The number of benzene rings is 1. The van der Waals surface area contributed by atoms with Gasteiger partial charge in [0.25, 0.3) is 0 Å². The van der Waals surface area contributed by atoms with Crippen molar-refractivity contribution in [1.29, 1.82) is 0 Å². The maximum Gasteiger partial charge on any atom is 0.137 e. The Morgan fingerprint density at radius 3 is 3.00 bits per heavy atom. The van der Waals surface area contributed by atoms with Gasteiger partial charge in [-0.25, -0.2) is 0 Å². The van der Waals surface area contributed by atoms with Crippen LogP contribution in [0.25, 0.3) is 0 Å². The minimum absolute atomic E-state index is 0.249. The number of hydrogen-bond donors (Lipinski definition) is 1. The minimum atomic E-state index is 0.249. The average molecular weight is 304 g/mol. The summed E-state index contributed by atoms with van der Waals surface area (Å²) >= 11 is 6.33. The molecule has 0 bridgehead atoms. The Bertz CT molecular complexity index is 579. The third-order valence-electron chi connectivity index (χ3n) is 3.59. The van der Waals surface area contributed by atoms with E-state index in [1.165, 1.54) is 0 Å². The largest absolute Gasteiger partial charge is 0.490 e. The molecule has 0 saturated carbocycles. The molecule has 5 heteroatoms. The third-order valence-corrected chi connectivity index (χ3v) is 3.91. The minimum Gasteiger partial charge on any atom is -0.490 e. The summed E-state index contributed by atoms with van der Waals surface area (Å²) in [5.41, 5.74) is 1.07. The normalized spacial score (nSPS) is 18.5. The second kappa shape index (κ2) is 6.78. The van der Waals surface area contributed by atoms with Crippen molar-refractivity contribution in [3.63, 3.8) is 0 Å². The van der Waals surface area contributed by atoms with E-state index in [-0.39, 0.29) is 6.04 Å². The first-order valence-electron chi connectivity index (χ1n) is 7.09. The van der Waals surface area contributed by atoms with Crippen molar-refractivity contribution >= 4 is 17.3 Å². The number of ether oxygens (including phenoxy) is 1. The average Bonchev–Trinajstić information content (AvgIpc) is 2.55. The van der Waals surface area contributed by atoms with Crippen molar-refractivity contribution in [2.45, 2.75) is 6.04 Å². The molecule has 110 valence electrons. The van der Waals surface area contributed by atoms with Gasteiger partial charge in [0.2, 0.25) is 0 Å². The van der Waals surface area contributed by atoms with Crippen LogP contribution in [-0.4, -0.2) is 37.3 Å². The summed E-state index contributed by atoms with van der Waals surface area (Å²) in [6, 6.07) is 12.0. The number of rotatable bonds is 4. The molecular weight excluding hydrogens is 286 g/mol. The lowest BCUT2D eigenvalue weighted by molar-refractivity contribution is 0.266. The van der Waals surface area contributed by atoms with Crippen LogP contribution in [-0.2, 0) is 0 Å². The van der Waals surface area contributed by atoms with Crippen molar-refractivity contribution < 1.29 is 4.74 Å². The Labute approximate surface area is 129 Å². The molecule has 1 N–H and O–H groups in total. The highest BCUT2D eigenvalue weighted by atomic mass is 35.5. The number of para-hydroxylation sites is 1. The van der Waals surface area contributed by atoms with E-state index in [0.29, 0.717) is 6.61 Å². The van der Waals surface area contributed by atoms with Gasteiger partial charge in [0.15, 0.2) is 0 Å². The van der Waals surface area contributed by atoms with Gasteiger partial charge in [0.05, 0.1) is 22.9 Å². The molecule has 1 fully saturated rings. The summed E-state index contributed by atoms with van der Waals surface area (Å²) in [6.07, 6.45) is 3.47. The molecule has 1 atom stereocenters. The lowest BCUT2D eigenvalue weighted by Crippen LogP contribution is -2.54. The molecule has 0 spiro atoms. The van der Waals surface area contributed by atoms with Crippen LogP contribution in [0.5, 0.6) is 5.75 Å². The van der Waals surface area contributed by atoms with Crippen LogP contribution in [0.3, 0.4) is 0 Å². The van der Waals surface area contributed by atoms with E-state index in [9.17, 15) is 0 Å². The Balaban J connectivity index is 1.71. The van der Waals surface area contributed by atoms with Crippen LogP contribution in [0.2, 0.25) is 5.02 Å². The van der Waals surface area contributed by atoms with Gasteiger partial charge in [-0.2, -0.15) is 0 Å². The zero-order valence-electron chi connectivity index (χ0n) is 11.7. The topological polar surface area (TPSA) is 37.4 Å². The second-order valence-electron chi connectivity index (χ2n) is 5.00. The number of piperazine rings is 1. The molecule has 1 saturated heterocycles. The first kappa shape index (κ1) is 14.2. The maximum atomic E-state index is 6.33. The van der Waals surface area contributed by atoms with Crippen molar-refractivity contribution in [1.82, 2.24) is 10.3 Å². The van der Waals surface area contributed by atoms with Gasteiger partial charge in [0.1, 0.15) is 12.4 Å². The summed E-state index contributed by atoms with van der Waals surface area (Å²) in [4.78, 5) is 6.38. The van der Waals surface area contributed by atoms with Crippen molar-refractivity contribution in [3.8, 4) is 5.75 Å². The van der Waals surface area contributed by atoms with E-state index in [1.54, 1.807) is 12.4 Å². The molecule has 1 unspecified atom stereocenters. The van der Waals surface area contributed by atoms with E-state index in [2.05, 4.69) is 21.3 Å². The number of halogens is 1. The molecule has 0 aliphatic carbocycles. The monoisotopic (exact) mass is 303 g/mol. The highest BCUT2D eigenvalue weighted by molar-refractivity contribution is 6.33. The van der Waals surface area contributed by atoms with Gasteiger partial charge in [-0.15, -0.1) is 0 Å². The number of hydrogen-bond acceptors (Lipinski definition) is 4. The van der Waals surface area contributed by atoms with Gasteiger partial charge >= 0.3 is 0 Å². The van der Waals surface area contributed by atoms with E-state index >= 15 is 0 Å². The fourth-order valence-electron chi connectivity index (χ4n) is 2.54. The molecule has 1 aromatic heterocycles. The number of nitrogens with one attached hydrogen (secondary N) is 1. The molecule has 1 aliphatic heterocycles. The summed E-state index contributed by atoms with van der Waals surface area (Å²) in [7, 11) is 0. The summed E-state index contributed by atoms with van der Waals surface area (Å²) in [6.45, 7) is 3.36.